The summed E-state index contributed by atoms with van der Waals surface area (Å²) in [5, 5.41) is 0. The number of hydrogen-bond acceptors (Lipinski definition) is 3. The highest BCUT2D eigenvalue weighted by Crippen LogP contribution is 2.27. The van der Waals surface area contributed by atoms with Crippen LogP contribution in [0.3, 0.4) is 0 Å². The van der Waals surface area contributed by atoms with Gasteiger partial charge in [-0.2, -0.15) is 0 Å². The maximum Gasteiger partial charge on any atom is 0.250 e. The monoisotopic (exact) mass is 247 g/mol. The fraction of sp³-hybridized carbons (Fsp3) is 1.00. The minimum absolute atomic E-state index is 0.180. The second kappa shape index (κ2) is 4.28. The lowest BCUT2D eigenvalue weighted by Crippen LogP contribution is -2.41. The Morgan fingerprint density at radius 1 is 1.29 bits per heavy atom. The number of likely N-dealkylation sites (tertiary alicyclic amines) is 1. The van der Waals surface area contributed by atoms with Crippen LogP contribution in [0.15, 0.2) is 0 Å². The molecule has 0 aromatic rings. The zero-order valence-electron chi connectivity index (χ0n) is 7.55. The van der Waals surface area contributed by atoms with Crippen molar-refractivity contribution < 1.29 is 17.2 Å². The van der Waals surface area contributed by atoms with Gasteiger partial charge in [0, 0.05) is 43.2 Å². The van der Waals surface area contributed by atoms with Crippen molar-refractivity contribution in [2.75, 3.05) is 25.4 Å². The molecule has 14 heavy (non-hydrogen) atoms. The predicted octanol–water partition coefficient (Wildman–Crippen LogP) is 1.29. The highest BCUT2D eigenvalue weighted by Gasteiger charge is 2.33. The predicted molar refractivity (Wildman–Crippen MR) is 50.3 cm³/mol. The van der Waals surface area contributed by atoms with Gasteiger partial charge in [-0.25, -0.2) is 17.2 Å². The topological polar surface area (TPSA) is 37.4 Å². The van der Waals surface area contributed by atoms with Crippen molar-refractivity contribution in [3.63, 3.8) is 0 Å². The number of halogens is 3. The number of piperidine rings is 1. The molecule has 0 aliphatic carbocycles. The van der Waals surface area contributed by atoms with Gasteiger partial charge in [0.2, 0.25) is 9.05 Å². The molecule has 0 radical (unpaired) electrons. The lowest BCUT2D eigenvalue weighted by atomic mass is 10.1. The van der Waals surface area contributed by atoms with Crippen LogP contribution in [0.25, 0.3) is 0 Å². The first-order valence-electron chi connectivity index (χ1n) is 4.31. The molecule has 0 atom stereocenters. The van der Waals surface area contributed by atoms with Crippen molar-refractivity contribution in [3.05, 3.63) is 0 Å². The average Bonchev–Trinajstić information content (AvgIpc) is 2.01. The molecule has 1 fully saturated rings. The molecular formula is C7H12ClF2NO2S. The van der Waals surface area contributed by atoms with E-state index in [1.54, 1.807) is 4.90 Å². The molecule has 1 heterocycles. The van der Waals surface area contributed by atoms with Crippen LogP contribution in [0, 0.1) is 0 Å². The summed E-state index contributed by atoms with van der Waals surface area (Å²) in [5.74, 6) is -2.77. The van der Waals surface area contributed by atoms with Gasteiger partial charge in [-0.15, -0.1) is 0 Å². The van der Waals surface area contributed by atoms with E-state index < -0.39 is 15.0 Å². The zero-order valence-corrected chi connectivity index (χ0v) is 9.12. The molecular weight excluding hydrogens is 236 g/mol. The summed E-state index contributed by atoms with van der Waals surface area (Å²) >= 11 is 0. The van der Waals surface area contributed by atoms with Gasteiger partial charge in [0.15, 0.2) is 0 Å². The first kappa shape index (κ1) is 12.1. The van der Waals surface area contributed by atoms with Crippen LogP contribution < -0.4 is 0 Å². The Morgan fingerprint density at radius 3 is 2.21 bits per heavy atom. The molecule has 3 nitrogen and oxygen atoms in total. The lowest BCUT2D eigenvalue weighted by molar-refractivity contribution is -0.0539. The summed E-state index contributed by atoms with van der Waals surface area (Å²) in [6.45, 7) is 0.709. The van der Waals surface area contributed by atoms with E-state index in [4.69, 9.17) is 10.7 Å². The highest BCUT2D eigenvalue weighted by molar-refractivity contribution is 8.13. The minimum atomic E-state index is -3.51. The molecule has 0 saturated carbocycles. The molecule has 0 bridgehead atoms. The Bertz CT molecular complexity index is 284. The molecule has 1 rings (SSSR count). The second-order valence-electron chi connectivity index (χ2n) is 3.44. The Morgan fingerprint density at radius 2 is 1.79 bits per heavy atom. The molecule has 0 amide bonds. The average molecular weight is 248 g/mol. The molecule has 1 saturated heterocycles. The molecule has 0 unspecified atom stereocenters. The Balaban J connectivity index is 2.30. The Labute approximate surface area is 86.4 Å². The lowest BCUT2D eigenvalue weighted by Gasteiger charge is -2.31. The van der Waals surface area contributed by atoms with E-state index in [0.717, 1.165) is 0 Å². The number of hydrogen-bond donors (Lipinski definition) is 0. The SMILES string of the molecule is O=S(=O)(Cl)CCN1CCC(F)(F)CC1. The summed E-state index contributed by atoms with van der Waals surface area (Å²) in [7, 11) is 1.50. The van der Waals surface area contributed by atoms with E-state index in [2.05, 4.69) is 0 Å². The van der Waals surface area contributed by atoms with E-state index in [0.29, 0.717) is 0 Å². The van der Waals surface area contributed by atoms with Gasteiger partial charge in [0.25, 0.3) is 5.92 Å². The fourth-order valence-corrected chi connectivity index (χ4v) is 2.03. The van der Waals surface area contributed by atoms with Gasteiger partial charge >= 0.3 is 0 Å². The first-order chi connectivity index (χ1) is 6.29. The van der Waals surface area contributed by atoms with Gasteiger partial charge in [-0.05, 0) is 0 Å². The number of alkyl halides is 2. The van der Waals surface area contributed by atoms with Crippen LogP contribution in [0.4, 0.5) is 8.78 Å². The van der Waals surface area contributed by atoms with Gasteiger partial charge in [-0.1, -0.05) is 0 Å². The maximum atomic E-state index is 12.7. The molecule has 7 heteroatoms. The number of rotatable bonds is 3. The summed E-state index contributed by atoms with van der Waals surface area (Å²) in [6.07, 6.45) is -0.398. The van der Waals surface area contributed by atoms with Crippen molar-refractivity contribution in [1.29, 1.82) is 0 Å². The smallest absolute Gasteiger partial charge is 0.250 e. The van der Waals surface area contributed by atoms with Crippen LogP contribution in [0.1, 0.15) is 12.8 Å². The van der Waals surface area contributed by atoms with Gasteiger partial charge in [-0.3, -0.25) is 0 Å². The fourth-order valence-electron chi connectivity index (χ4n) is 1.34. The van der Waals surface area contributed by atoms with Crippen molar-refractivity contribution in [2.24, 2.45) is 0 Å². The molecule has 0 N–H and O–H groups in total. The van der Waals surface area contributed by atoms with E-state index in [-0.39, 0.29) is 38.2 Å². The summed E-state index contributed by atoms with van der Waals surface area (Å²) in [6, 6.07) is 0. The normalized spacial score (nSPS) is 23.6. The minimum Gasteiger partial charge on any atom is -0.302 e. The van der Waals surface area contributed by atoms with E-state index >= 15 is 0 Å². The summed E-state index contributed by atoms with van der Waals surface area (Å²) in [5.41, 5.74) is 0. The van der Waals surface area contributed by atoms with E-state index in [9.17, 15) is 17.2 Å². The van der Waals surface area contributed by atoms with Crippen LogP contribution in [0.2, 0.25) is 0 Å². The molecule has 0 aromatic carbocycles. The quantitative estimate of drug-likeness (QED) is 0.706. The zero-order chi connectivity index (χ0) is 10.8. The second-order valence-corrected chi connectivity index (χ2v) is 6.34. The van der Waals surface area contributed by atoms with Crippen molar-refractivity contribution in [3.8, 4) is 0 Å². The van der Waals surface area contributed by atoms with Gasteiger partial charge < -0.3 is 4.90 Å². The molecule has 0 spiro atoms. The molecule has 0 aromatic heterocycles. The molecule has 1 aliphatic rings. The van der Waals surface area contributed by atoms with Crippen LogP contribution in [-0.4, -0.2) is 44.6 Å². The van der Waals surface area contributed by atoms with Crippen molar-refractivity contribution in [1.82, 2.24) is 4.90 Å². The third-order valence-corrected chi connectivity index (χ3v) is 3.37. The first-order valence-corrected chi connectivity index (χ1v) is 6.79. The van der Waals surface area contributed by atoms with Crippen LogP contribution in [0.5, 0.6) is 0 Å². The van der Waals surface area contributed by atoms with Crippen LogP contribution in [-0.2, 0) is 9.05 Å². The Hall–Kier alpha value is 0.0600. The molecule has 1 aliphatic heterocycles. The van der Waals surface area contributed by atoms with Crippen LogP contribution >= 0.6 is 10.7 Å². The highest BCUT2D eigenvalue weighted by atomic mass is 35.7. The van der Waals surface area contributed by atoms with E-state index in [1.165, 1.54) is 0 Å². The Kier molecular flexibility index (Phi) is 3.71. The molecule has 84 valence electrons. The third-order valence-electron chi connectivity index (χ3n) is 2.24. The maximum absolute atomic E-state index is 12.7. The third kappa shape index (κ3) is 4.52. The summed E-state index contributed by atoms with van der Waals surface area (Å²) < 4.78 is 46.5. The van der Waals surface area contributed by atoms with Gasteiger partial charge in [0.05, 0.1) is 5.75 Å². The van der Waals surface area contributed by atoms with E-state index in [1.807, 2.05) is 0 Å². The number of nitrogens with zero attached hydrogens (tertiary/aromatic N) is 1. The summed E-state index contributed by atoms with van der Waals surface area (Å²) in [4.78, 5) is 1.69. The standard InChI is InChI=1S/C7H12ClF2NO2S/c8-14(12,13)6-5-11-3-1-7(9,10)2-4-11/h1-6H2. The largest absolute Gasteiger partial charge is 0.302 e. The van der Waals surface area contributed by atoms with Crippen molar-refractivity contribution >= 4 is 19.7 Å². The van der Waals surface area contributed by atoms with Crippen molar-refractivity contribution in [2.45, 2.75) is 18.8 Å². The van der Waals surface area contributed by atoms with Gasteiger partial charge in [0.1, 0.15) is 0 Å².